The smallest absolute Gasteiger partial charge is 0.271 e. The zero-order valence-electron chi connectivity index (χ0n) is 11.4. The monoisotopic (exact) mass is 271 g/mol. The second-order valence-corrected chi connectivity index (χ2v) is 5.17. The minimum atomic E-state index is -0.0867. The van der Waals surface area contributed by atoms with Crippen molar-refractivity contribution in [2.75, 3.05) is 33.2 Å². The van der Waals surface area contributed by atoms with Gasteiger partial charge in [-0.15, -0.1) is 0 Å². The SMILES string of the molecule is CN1CCN(C(=O)c2[nH]c3ccccc3c2C=O)CC1. The molecule has 1 amide bonds. The number of carbonyl (C=O) groups excluding carboxylic acids is 2. The molecule has 0 bridgehead atoms. The molecule has 1 fully saturated rings. The Bertz CT molecular complexity index is 654. The number of hydrogen-bond acceptors (Lipinski definition) is 3. The summed E-state index contributed by atoms with van der Waals surface area (Å²) < 4.78 is 0. The van der Waals surface area contributed by atoms with E-state index in [-0.39, 0.29) is 5.91 Å². The Morgan fingerprint density at radius 1 is 1.20 bits per heavy atom. The predicted molar refractivity (Wildman–Crippen MR) is 77.1 cm³/mol. The fourth-order valence-electron chi connectivity index (χ4n) is 2.62. The van der Waals surface area contributed by atoms with Gasteiger partial charge in [0.05, 0.1) is 5.56 Å². The average molecular weight is 271 g/mol. The first-order chi connectivity index (χ1) is 9.70. The first-order valence-corrected chi connectivity index (χ1v) is 6.74. The van der Waals surface area contributed by atoms with Crippen LogP contribution in [0.25, 0.3) is 10.9 Å². The van der Waals surface area contributed by atoms with Crippen LogP contribution in [0.1, 0.15) is 20.8 Å². The van der Waals surface area contributed by atoms with Gasteiger partial charge >= 0.3 is 0 Å². The van der Waals surface area contributed by atoms with Gasteiger partial charge in [-0.3, -0.25) is 9.59 Å². The van der Waals surface area contributed by atoms with Crippen LogP contribution in [0.4, 0.5) is 0 Å². The molecule has 20 heavy (non-hydrogen) atoms. The van der Waals surface area contributed by atoms with Gasteiger partial charge in [0, 0.05) is 37.1 Å². The molecule has 1 aromatic heterocycles. The molecule has 3 rings (SSSR count). The second-order valence-electron chi connectivity index (χ2n) is 5.17. The topological polar surface area (TPSA) is 56.4 Å². The van der Waals surface area contributed by atoms with Crippen LogP contribution in [0.5, 0.6) is 0 Å². The van der Waals surface area contributed by atoms with Crippen LogP contribution in [0, 0.1) is 0 Å². The highest BCUT2D eigenvalue weighted by Gasteiger charge is 2.24. The van der Waals surface area contributed by atoms with Crippen LogP contribution in [0.2, 0.25) is 0 Å². The lowest BCUT2D eigenvalue weighted by molar-refractivity contribution is 0.0657. The Labute approximate surface area is 117 Å². The van der Waals surface area contributed by atoms with Crippen molar-refractivity contribution in [2.24, 2.45) is 0 Å². The fraction of sp³-hybridized carbons (Fsp3) is 0.333. The van der Waals surface area contributed by atoms with Crippen molar-refractivity contribution in [2.45, 2.75) is 0 Å². The van der Waals surface area contributed by atoms with Gasteiger partial charge in [0.25, 0.3) is 5.91 Å². The van der Waals surface area contributed by atoms with E-state index in [0.29, 0.717) is 24.3 Å². The molecular weight excluding hydrogens is 254 g/mol. The van der Waals surface area contributed by atoms with Gasteiger partial charge in [0.2, 0.25) is 0 Å². The van der Waals surface area contributed by atoms with Gasteiger partial charge < -0.3 is 14.8 Å². The van der Waals surface area contributed by atoms with Crippen molar-refractivity contribution < 1.29 is 9.59 Å². The van der Waals surface area contributed by atoms with Crippen LogP contribution in [0.3, 0.4) is 0 Å². The van der Waals surface area contributed by atoms with Gasteiger partial charge in [-0.1, -0.05) is 18.2 Å². The van der Waals surface area contributed by atoms with Crippen molar-refractivity contribution >= 4 is 23.1 Å². The van der Waals surface area contributed by atoms with Gasteiger partial charge in [-0.05, 0) is 13.1 Å². The summed E-state index contributed by atoms with van der Waals surface area (Å²) in [5.41, 5.74) is 1.70. The molecule has 2 heterocycles. The van der Waals surface area contributed by atoms with Gasteiger partial charge in [0.1, 0.15) is 5.69 Å². The number of aromatic nitrogens is 1. The number of rotatable bonds is 2. The zero-order chi connectivity index (χ0) is 14.1. The standard InChI is InChI=1S/C15H17N3O2/c1-17-6-8-18(9-7-17)15(20)14-12(10-19)11-4-2-3-5-13(11)16-14/h2-5,10,16H,6-9H2,1H3. The van der Waals surface area contributed by atoms with Crippen LogP contribution in [-0.4, -0.2) is 60.2 Å². The molecule has 5 nitrogen and oxygen atoms in total. The molecule has 0 saturated carbocycles. The van der Waals surface area contributed by atoms with Crippen molar-refractivity contribution in [1.29, 1.82) is 0 Å². The lowest BCUT2D eigenvalue weighted by atomic mass is 10.1. The minimum Gasteiger partial charge on any atom is -0.350 e. The number of hydrogen-bond donors (Lipinski definition) is 1. The van der Waals surface area contributed by atoms with E-state index < -0.39 is 0 Å². The Morgan fingerprint density at radius 3 is 2.60 bits per heavy atom. The van der Waals surface area contributed by atoms with Crippen LogP contribution < -0.4 is 0 Å². The van der Waals surface area contributed by atoms with Gasteiger partial charge in [-0.25, -0.2) is 0 Å². The molecule has 0 radical (unpaired) electrons. The predicted octanol–water partition coefficient (Wildman–Crippen LogP) is 1.37. The number of aldehydes is 1. The summed E-state index contributed by atoms with van der Waals surface area (Å²) in [6.45, 7) is 3.12. The summed E-state index contributed by atoms with van der Waals surface area (Å²) in [4.78, 5) is 31.0. The Hall–Kier alpha value is -2.14. The Kier molecular flexibility index (Phi) is 3.28. The second kappa shape index (κ2) is 5.09. The largest absolute Gasteiger partial charge is 0.350 e. The molecule has 0 aliphatic carbocycles. The number of piperazine rings is 1. The molecule has 1 aliphatic rings. The van der Waals surface area contributed by atoms with Crippen LogP contribution in [-0.2, 0) is 0 Å². The highest BCUT2D eigenvalue weighted by Crippen LogP contribution is 2.22. The number of nitrogens with zero attached hydrogens (tertiary/aromatic N) is 2. The molecule has 0 unspecified atom stereocenters. The molecule has 0 atom stereocenters. The van der Waals surface area contributed by atoms with Crippen molar-refractivity contribution in [3.05, 3.63) is 35.5 Å². The Morgan fingerprint density at radius 2 is 1.90 bits per heavy atom. The maximum atomic E-state index is 12.6. The highest BCUT2D eigenvalue weighted by atomic mass is 16.2. The molecule has 104 valence electrons. The molecule has 1 aromatic carbocycles. The molecular formula is C15H17N3O2. The first kappa shape index (κ1) is 12.9. The zero-order valence-corrected chi connectivity index (χ0v) is 11.4. The third kappa shape index (κ3) is 2.10. The number of amides is 1. The fourth-order valence-corrected chi connectivity index (χ4v) is 2.62. The van der Waals surface area contributed by atoms with E-state index >= 15 is 0 Å². The van der Waals surface area contributed by atoms with Gasteiger partial charge in [-0.2, -0.15) is 0 Å². The van der Waals surface area contributed by atoms with Crippen LogP contribution in [0.15, 0.2) is 24.3 Å². The van der Waals surface area contributed by atoms with E-state index in [1.54, 1.807) is 4.90 Å². The molecule has 1 N–H and O–H groups in total. The summed E-state index contributed by atoms with van der Waals surface area (Å²) in [7, 11) is 2.04. The minimum absolute atomic E-state index is 0.0867. The quantitative estimate of drug-likeness (QED) is 0.839. The third-order valence-electron chi connectivity index (χ3n) is 3.87. The summed E-state index contributed by atoms with van der Waals surface area (Å²) in [5.74, 6) is -0.0867. The highest BCUT2D eigenvalue weighted by molar-refractivity contribution is 6.09. The summed E-state index contributed by atoms with van der Waals surface area (Å²) in [5, 5.41) is 0.806. The maximum absolute atomic E-state index is 12.6. The summed E-state index contributed by atoms with van der Waals surface area (Å²) >= 11 is 0. The normalized spacial score (nSPS) is 16.6. The first-order valence-electron chi connectivity index (χ1n) is 6.74. The number of fused-ring (bicyclic) bond motifs is 1. The lowest BCUT2D eigenvalue weighted by Gasteiger charge is -2.32. The number of para-hydroxylation sites is 1. The van der Waals surface area contributed by atoms with E-state index in [1.165, 1.54) is 0 Å². The number of nitrogens with one attached hydrogen (secondary N) is 1. The third-order valence-corrected chi connectivity index (χ3v) is 3.87. The number of aromatic amines is 1. The van der Waals surface area contributed by atoms with Gasteiger partial charge in [0.15, 0.2) is 6.29 Å². The maximum Gasteiger partial charge on any atom is 0.271 e. The molecule has 5 heteroatoms. The van der Waals surface area contributed by atoms with E-state index in [2.05, 4.69) is 9.88 Å². The van der Waals surface area contributed by atoms with Crippen molar-refractivity contribution in [3.63, 3.8) is 0 Å². The number of carbonyl (C=O) groups is 2. The average Bonchev–Trinajstić information content (AvgIpc) is 2.85. The number of likely N-dealkylation sites (N-methyl/N-ethyl adjacent to an activating group) is 1. The summed E-state index contributed by atoms with van der Waals surface area (Å²) in [6.07, 6.45) is 0.766. The molecule has 1 saturated heterocycles. The number of H-pyrrole nitrogens is 1. The van der Waals surface area contributed by atoms with E-state index in [9.17, 15) is 9.59 Å². The van der Waals surface area contributed by atoms with E-state index in [1.807, 2.05) is 31.3 Å². The lowest BCUT2D eigenvalue weighted by Crippen LogP contribution is -2.47. The van der Waals surface area contributed by atoms with E-state index in [0.717, 1.165) is 30.3 Å². The number of benzene rings is 1. The summed E-state index contributed by atoms with van der Waals surface area (Å²) in [6, 6.07) is 7.49. The van der Waals surface area contributed by atoms with Crippen molar-refractivity contribution in [3.8, 4) is 0 Å². The molecule has 2 aromatic rings. The molecule has 0 spiro atoms. The Balaban J connectivity index is 1.97. The van der Waals surface area contributed by atoms with Crippen LogP contribution >= 0.6 is 0 Å². The van der Waals surface area contributed by atoms with E-state index in [4.69, 9.17) is 0 Å². The van der Waals surface area contributed by atoms with Crippen molar-refractivity contribution in [1.82, 2.24) is 14.8 Å². The molecule has 1 aliphatic heterocycles.